The fourth-order valence-electron chi connectivity index (χ4n) is 6.31. The van der Waals surface area contributed by atoms with Gasteiger partial charge in [0.15, 0.2) is 11.2 Å². The number of halogens is 5. The maximum Gasteiger partial charge on any atom is 0.387 e. The van der Waals surface area contributed by atoms with Gasteiger partial charge in [-0.25, -0.2) is 9.97 Å². The number of ether oxygens (including phenoxy) is 3. The molecule has 3 heterocycles. The van der Waals surface area contributed by atoms with Gasteiger partial charge in [-0.2, -0.15) is 17.6 Å². The Kier molecular flexibility index (Phi) is 9.58. The molecule has 0 radical (unpaired) electrons. The van der Waals surface area contributed by atoms with E-state index in [9.17, 15) is 22.4 Å². The third-order valence-corrected chi connectivity index (χ3v) is 9.14. The first-order valence-electron chi connectivity index (χ1n) is 16.0. The first kappa shape index (κ1) is 34.3. The summed E-state index contributed by atoms with van der Waals surface area (Å²) in [4.78, 5) is 21.8. The summed E-state index contributed by atoms with van der Waals surface area (Å²) < 4.78 is 79.6. The molecular weight excluding hydrogens is 694 g/mol. The summed E-state index contributed by atoms with van der Waals surface area (Å²) in [5.74, 6) is -0.240. The van der Waals surface area contributed by atoms with Crippen molar-refractivity contribution in [3.8, 4) is 45.5 Å². The highest BCUT2D eigenvalue weighted by atomic mass is 35.5. The van der Waals surface area contributed by atoms with Gasteiger partial charge < -0.3 is 28.4 Å². The molecule has 0 amide bonds. The standard InChI is InChI=1S/C37H30ClF4N3O6/c1-18-22(6-3-8-24(18)33-44-27-12-20(16-38)29(50-36(39)40)14-31(27)48-33)23-7-4-9-25(19(23)2)34-45-28-13-21(17-47-35(46)26-10-5-11-43-26)30(51-37(41)42)15-32(28)49-34/h3-4,6-9,12-15,26,36-37,43H,5,10-11,16-17H2,1-2H3/t26-/m0/s1. The minimum absolute atomic E-state index is 0.0517. The molecule has 9 nitrogen and oxygen atoms in total. The van der Waals surface area contributed by atoms with Crippen molar-refractivity contribution < 1.29 is 45.4 Å². The number of esters is 1. The number of hydrogen-bond acceptors (Lipinski definition) is 9. The number of oxazole rings is 2. The van der Waals surface area contributed by atoms with E-state index >= 15 is 0 Å². The van der Waals surface area contributed by atoms with E-state index in [-0.39, 0.29) is 52.5 Å². The molecule has 1 aliphatic rings. The first-order valence-corrected chi connectivity index (χ1v) is 16.6. The second-order valence-corrected chi connectivity index (χ2v) is 12.3. The van der Waals surface area contributed by atoms with Crippen LogP contribution in [0.1, 0.15) is 35.1 Å². The Morgan fingerprint density at radius 2 is 1.33 bits per heavy atom. The molecule has 1 fully saturated rings. The lowest BCUT2D eigenvalue weighted by Crippen LogP contribution is -2.32. The molecule has 2 aromatic heterocycles. The van der Waals surface area contributed by atoms with E-state index in [1.807, 2.05) is 50.2 Å². The van der Waals surface area contributed by atoms with Crippen molar-refractivity contribution in [3.63, 3.8) is 0 Å². The summed E-state index contributed by atoms with van der Waals surface area (Å²) >= 11 is 5.98. The highest BCUT2D eigenvalue weighted by molar-refractivity contribution is 6.17. The number of hydrogen-bond donors (Lipinski definition) is 1. The highest BCUT2D eigenvalue weighted by Gasteiger charge is 2.25. The molecule has 51 heavy (non-hydrogen) atoms. The van der Waals surface area contributed by atoms with E-state index in [1.165, 1.54) is 18.2 Å². The number of fused-ring (bicyclic) bond motifs is 2. The van der Waals surface area contributed by atoms with Crippen LogP contribution in [-0.2, 0) is 22.0 Å². The molecule has 1 saturated heterocycles. The molecule has 0 aliphatic carbocycles. The molecule has 0 saturated carbocycles. The van der Waals surface area contributed by atoms with Gasteiger partial charge in [-0.3, -0.25) is 4.79 Å². The predicted molar refractivity (Wildman–Crippen MR) is 181 cm³/mol. The molecule has 7 rings (SSSR count). The van der Waals surface area contributed by atoms with E-state index in [1.54, 1.807) is 6.07 Å². The molecule has 0 bridgehead atoms. The molecular formula is C37H30ClF4N3O6. The Labute approximate surface area is 293 Å². The van der Waals surface area contributed by atoms with Gasteiger partial charge in [0, 0.05) is 34.4 Å². The summed E-state index contributed by atoms with van der Waals surface area (Å²) in [5, 5.41) is 3.05. The van der Waals surface area contributed by atoms with Crippen LogP contribution in [0.15, 0.2) is 69.5 Å². The number of carbonyl (C=O) groups is 1. The SMILES string of the molecule is Cc1c(-c2nc3cc(CCl)c(OC(F)F)cc3o2)cccc1-c1cccc(-c2nc3cc(COC(=O)[C@@H]4CCCN4)c(OC(F)F)cc3o2)c1C. The first-order chi connectivity index (χ1) is 24.6. The topological polar surface area (TPSA) is 109 Å². The molecule has 0 unspecified atom stereocenters. The Morgan fingerprint density at radius 3 is 1.82 bits per heavy atom. The molecule has 264 valence electrons. The van der Waals surface area contributed by atoms with Gasteiger partial charge in [0.2, 0.25) is 11.8 Å². The Bertz CT molecular complexity index is 2250. The van der Waals surface area contributed by atoms with Crippen molar-refractivity contribution in [1.82, 2.24) is 15.3 Å². The van der Waals surface area contributed by atoms with E-state index in [4.69, 9.17) is 29.9 Å². The van der Waals surface area contributed by atoms with Crippen LogP contribution in [0.25, 0.3) is 56.2 Å². The number of aromatic nitrogens is 2. The molecule has 14 heteroatoms. The Morgan fingerprint density at radius 1 is 0.824 bits per heavy atom. The van der Waals surface area contributed by atoms with Crippen LogP contribution < -0.4 is 14.8 Å². The Hall–Kier alpha value is -5.14. The number of nitrogens with one attached hydrogen (secondary N) is 1. The zero-order valence-electron chi connectivity index (χ0n) is 27.3. The second kappa shape index (κ2) is 14.2. The number of alkyl halides is 5. The van der Waals surface area contributed by atoms with Crippen LogP contribution in [-0.4, -0.2) is 41.7 Å². The zero-order chi connectivity index (χ0) is 35.8. The van der Waals surface area contributed by atoms with Gasteiger partial charge in [-0.1, -0.05) is 24.3 Å². The zero-order valence-corrected chi connectivity index (χ0v) is 28.0. The average Bonchev–Trinajstić information content (AvgIpc) is 3.87. The maximum absolute atomic E-state index is 13.4. The number of carbonyl (C=O) groups excluding carboxylic acids is 1. The van der Waals surface area contributed by atoms with Gasteiger partial charge in [0.25, 0.3) is 0 Å². The minimum atomic E-state index is -3.11. The average molecular weight is 724 g/mol. The molecule has 1 N–H and O–H groups in total. The van der Waals surface area contributed by atoms with E-state index < -0.39 is 25.2 Å². The lowest BCUT2D eigenvalue weighted by Gasteiger charge is -2.14. The van der Waals surface area contributed by atoms with Gasteiger partial charge in [-0.05, 0) is 79.8 Å². The third-order valence-electron chi connectivity index (χ3n) is 8.85. The summed E-state index contributed by atoms with van der Waals surface area (Å²) in [6.45, 7) is -1.87. The fourth-order valence-corrected chi connectivity index (χ4v) is 6.52. The van der Waals surface area contributed by atoms with E-state index in [2.05, 4.69) is 20.0 Å². The fraction of sp³-hybridized carbons (Fsp3) is 0.270. The third kappa shape index (κ3) is 6.95. The summed E-state index contributed by atoms with van der Waals surface area (Å²) in [6.07, 6.45) is 1.49. The summed E-state index contributed by atoms with van der Waals surface area (Å²) in [6, 6.07) is 16.6. The van der Waals surface area contributed by atoms with Gasteiger partial charge in [0.1, 0.15) is 35.2 Å². The highest BCUT2D eigenvalue weighted by Crippen LogP contribution is 2.39. The largest absolute Gasteiger partial charge is 0.460 e. The smallest absolute Gasteiger partial charge is 0.387 e. The molecule has 1 atom stereocenters. The number of nitrogens with zero attached hydrogens (tertiary/aromatic N) is 2. The lowest BCUT2D eigenvalue weighted by molar-refractivity contribution is -0.147. The van der Waals surface area contributed by atoms with Crippen LogP contribution in [0.4, 0.5) is 17.6 Å². The van der Waals surface area contributed by atoms with Gasteiger partial charge in [0.05, 0.1) is 5.88 Å². The Balaban J connectivity index is 1.22. The van der Waals surface area contributed by atoms with Crippen LogP contribution in [0.5, 0.6) is 11.5 Å². The van der Waals surface area contributed by atoms with Crippen molar-refractivity contribution in [2.24, 2.45) is 0 Å². The monoisotopic (exact) mass is 723 g/mol. The lowest BCUT2D eigenvalue weighted by atomic mass is 9.91. The normalized spacial score (nSPS) is 14.6. The van der Waals surface area contributed by atoms with Crippen molar-refractivity contribution in [2.45, 2.75) is 58.4 Å². The minimum Gasteiger partial charge on any atom is -0.460 e. The van der Waals surface area contributed by atoms with Crippen molar-refractivity contribution in [2.75, 3.05) is 6.54 Å². The van der Waals surface area contributed by atoms with Gasteiger partial charge >= 0.3 is 19.2 Å². The van der Waals surface area contributed by atoms with E-state index in [0.29, 0.717) is 40.7 Å². The van der Waals surface area contributed by atoms with Gasteiger partial charge in [-0.15, -0.1) is 11.6 Å². The second-order valence-electron chi connectivity index (χ2n) is 12.0. The number of rotatable bonds is 11. The van der Waals surface area contributed by atoms with E-state index in [0.717, 1.165) is 28.7 Å². The molecule has 6 aromatic rings. The summed E-state index contributed by atoms with van der Waals surface area (Å²) in [5.41, 5.74) is 6.60. The van der Waals surface area contributed by atoms with Crippen LogP contribution in [0.3, 0.4) is 0 Å². The molecule has 0 spiro atoms. The predicted octanol–water partition coefficient (Wildman–Crippen LogP) is 9.32. The van der Waals surface area contributed by atoms with Crippen molar-refractivity contribution in [1.29, 1.82) is 0 Å². The van der Waals surface area contributed by atoms with Crippen LogP contribution in [0.2, 0.25) is 0 Å². The maximum atomic E-state index is 13.4. The molecule has 1 aliphatic heterocycles. The van der Waals surface area contributed by atoms with Crippen LogP contribution in [0, 0.1) is 13.8 Å². The summed E-state index contributed by atoms with van der Waals surface area (Å²) in [7, 11) is 0. The number of benzene rings is 4. The quantitative estimate of drug-likeness (QED) is 0.0795. The molecule has 4 aromatic carbocycles. The van der Waals surface area contributed by atoms with Crippen molar-refractivity contribution in [3.05, 3.63) is 82.9 Å². The van der Waals surface area contributed by atoms with Crippen molar-refractivity contribution >= 4 is 39.8 Å². The van der Waals surface area contributed by atoms with Crippen LogP contribution >= 0.6 is 11.6 Å².